The average molecular weight is 706 g/mol. The van der Waals surface area contributed by atoms with Crippen LogP contribution in [0.5, 0.6) is 0 Å². The van der Waals surface area contributed by atoms with E-state index in [9.17, 15) is 14.3 Å². The molecular weight excluding hydrogens is 625 g/mol. The quantitative estimate of drug-likeness (QED) is 0.0273. The largest absolute Gasteiger partial charge is 0.756 e. The van der Waals surface area contributed by atoms with Gasteiger partial charge in [-0.05, 0) is 12.8 Å². The van der Waals surface area contributed by atoms with Gasteiger partial charge in [0.1, 0.15) is 19.3 Å². The van der Waals surface area contributed by atoms with E-state index in [2.05, 4.69) is 13.8 Å². The number of nitrogens with zero attached hydrogens (tertiary/aromatic N) is 1. The highest BCUT2D eigenvalue weighted by atomic mass is 31.2. The lowest BCUT2D eigenvalue weighted by Gasteiger charge is -2.28. The molecule has 0 aliphatic carbocycles. The highest BCUT2D eigenvalue weighted by Gasteiger charge is 2.20. The molecule has 8 nitrogen and oxygen atoms in total. The fourth-order valence-electron chi connectivity index (χ4n) is 5.72. The Bertz CT molecular complexity index is 746. The lowest BCUT2D eigenvalue weighted by Crippen LogP contribution is -2.37. The Morgan fingerprint density at radius 2 is 0.958 bits per heavy atom. The molecule has 0 spiro atoms. The molecule has 0 aliphatic heterocycles. The van der Waals surface area contributed by atoms with Crippen molar-refractivity contribution in [3.05, 3.63) is 0 Å². The number of hydrogen-bond acceptors (Lipinski definition) is 7. The highest BCUT2D eigenvalue weighted by molar-refractivity contribution is 7.45. The monoisotopic (exact) mass is 706 g/mol. The van der Waals surface area contributed by atoms with Crippen molar-refractivity contribution >= 4 is 13.8 Å². The van der Waals surface area contributed by atoms with Crippen LogP contribution in [0.2, 0.25) is 0 Å². The molecule has 0 rings (SSSR count). The van der Waals surface area contributed by atoms with E-state index in [1.54, 1.807) is 0 Å². The Balaban J connectivity index is 3.79. The summed E-state index contributed by atoms with van der Waals surface area (Å²) in [6, 6.07) is 0. The second-order valence-corrected chi connectivity index (χ2v) is 16.4. The number of quaternary nitrogens is 1. The molecule has 288 valence electrons. The average Bonchev–Trinajstić information content (AvgIpc) is 3.03. The topological polar surface area (TPSA) is 94.1 Å². The van der Waals surface area contributed by atoms with Crippen molar-refractivity contribution in [2.24, 2.45) is 0 Å². The molecule has 48 heavy (non-hydrogen) atoms. The smallest absolute Gasteiger partial charge is 0.306 e. The van der Waals surface area contributed by atoms with Crippen molar-refractivity contribution in [2.45, 2.75) is 193 Å². The first-order chi connectivity index (χ1) is 23.1. The van der Waals surface area contributed by atoms with Gasteiger partial charge in [0.15, 0.2) is 0 Å². The van der Waals surface area contributed by atoms with E-state index in [-0.39, 0.29) is 25.8 Å². The number of phosphoric acid groups is 1. The molecule has 0 aliphatic rings. The Morgan fingerprint density at radius 1 is 0.562 bits per heavy atom. The summed E-state index contributed by atoms with van der Waals surface area (Å²) in [5.74, 6) is -0.355. The molecule has 0 saturated heterocycles. The summed E-state index contributed by atoms with van der Waals surface area (Å²) in [6.07, 6.45) is 33.5. The Hall–Kier alpha value is -0.500. The fourth-order valence-corrected chi connectivity index (χ4v) is 6.45. The van der Waals surface area contributed by atoms with Crippen LogP contribution < -0.4 is 4.89 Å². The van der Waals surface area contributed by atoms with E-state index < -0.39 is 13.9 Å². The van der Waals surface area contributed by atoms with Crippen molar-refractivity contribution < 1.29 is 37.3 Å². The van der Waals surface area contributed by atoms with Crippen LogP contribution >= 0.6 is 7.82 Å². The van der Waals surface area contributed by atoms with E-state index in [1.807, 2.05) is 21.1 Å². The van der Waals surface area contributed by atoms with Gasteiger partial charge >= 0.3 is 5.97 Å². The summed E-state index contributed by atoms with van der Waals surface area (Å²) in [4.78, 5) is 24.5. The second-order valence-electron chi connectivity index (χ2n) is 15.0. The van der Waals surface area contributed by atoms with Crippen LogP contribution in [0.3, 0.4) is 0 Å². The number of hydrogen-bond donors (Lipinski definition) is 0. The molecular formula is C39H80NO7P. The Kier molecular flexibility index (Phi) is 33.3. The van der Waals surface area contributed by atoms with Crippen molar-refractivity contribution in [3.8, 4) is 0 Å². The molecule has 0 aromatic carbocycles. The van der Waals surface area contributed by atoms with Crippen LogP contribution in [0.4, 0.5) is 0 Å². The summed E-state index contributed by atoms with van der Waals surface area (Å²) in [6.45, 7) is 5.27. The molecule has 0 aromatic rings. The maximum atomic E-state index is 12.3. The highest BCUT2D eigenvalue weighted by Crippen LogP contribution is 2.38. The molecule has 2 unspecified atom stereocenters. The number of carbonyl (C=O) groups excluding carboxylic acids is 1. The van der Waals surface area contributed by atoms with E-state index in [4.69, 9.17) is 18.5 Å². The van der Waals surface area contributed by atoms with Gasteiger partial charge in [0.05, 0.1) is 34.4 Å². The predicted molar refractivity (Wildman–Crippen MR) is 199 cm³/mol. The molecule has 0 saturated carbocycles. The van der Waals surface area contributed by atoms with Crippen molar-refractivity contribution in [1.29, 1.82) is 0 Å². The number of ether oxygens (including phenoxy) is 2. The number of rotatable bonds is 38. The van der Waals surface area contributed by atoms with E-state index in [0.717, 1.165) is 32.1 Å². The van der Waals surface area contributed by atoms with Gasteiger partial charge in [-0.25, -0.2) is 0 Å². The van der Waals surface area contributed by atoms with Crippen molar-refractivity contribution in [1.82, 2.24) is 0 Å². The molecule has 0 bridgehead atoms. The molecule has 0 N–H and O–H groups in total. The summed E-state index contributed by atoms with van der Waals surface area (Å²) in [5, 5.41) is 0. The van der Waals surface area contributed by atoms with Crippen LogP contribution in [-0.4, -0.2) is 70.7 Å². The van der Waals surface area contributed by atoms with Crippen LogP contribution in [0.25, 0.3) is 0 Å². The third kappa shape index (κ3) is 36.8. The van der Waals surface area contributed by atoms with Gasteiger partial charge in [-0.1, -0.05) is 168 Å². The van der Waals surface area contributed by atoms with Crippen LogP contribution in [0, 0.1) is 0 Å². The first-order valence-electron chi connectivity index (χ1n) is 20.3. The van der Waals surface area contributed by atoms with Crippen molar-refractivity contribution in [3.63, 3.8) is 0 Å². The van der Waals surface area contributed by atoms with Crippen molar-refractivity contribution in [2.75, 3.05) is 54.1 Å². The normalized spacial score (nSPS) is 13.9. The van der Waals surface area contributed by atoms with Gasteiger partial charge in [0, 0.05) is 13.0 Å². The zero-order valence-corrected chi connectivity index (χ0v) is 33.4. The molecule has 0 radical (unpaired) electrons. The Morgan fingerprint density at radius 3 is 1.38 bits per heavy atom. The van der Waals surface area contributed by atoms with Gasteiger partial charge < -0.3 is 27.9 Å². The maximum Gasteiger partial charge on any atom is 0.306 e. The first-order valence-corrected chi connectivity index (χ1v) is 21.7. The Labute approximate surface area is 298 Å². The maximum absolute atomic E-state index is 12.3. The number of likely N-dealkylation sites (N-methyl/N-ethyl adjacent to an activating group) is 1. The minimum Gasteiger partial charge on any atom is -0.756 e. The third-order valence-corrected chi connectivity index (χ3v) is 9.87. The van der Waals surface area contributed by atoms with Gasteiger partial charge in [-0.15, -0.1) is 0 Å². The molecule has 0 amide bonds. The molecule has 0 fully saturated rings. The lowest BCUT2D eigenvalue weighted by molar-refractivity contribution is -0.870. The van der Waals surface area contributed by atoms with Crippen LogP contribution in [0.15, 0.2) is 0 Å². The van der Waals surface area contributed by atoms with E-state index in [1.165, 1.54) is 135 Å². The van der Waals surface area contributed by atoms with Gasteiger partial charge in [0.2, 0.25) is 0 Å². The van der Waals surface area contributed by atoms with Gasteiger partial charge in [-0.2, -0.15) is 0 Å². The summed E-state index contributed by atoms with van der Waals surface area (Å²) in [7, 11) is 1.36. The number of phosphoric ester groups is 1. The van der Waals surface area contributed by atoms with E-state index >= 15 is 0 Å². The first kappa shape index (κ1) is 47.5. The van der Waals surface area contributed by atoms with Gasteiger partial charge in [0.25, 0.3) is 7.82 Å². The van der Waals surface area contributed by atoms with Gasteiger partial charge in [-0.3, -0.25) is 9.36 Å². The minimum atomic E-state index is -4.49. The summed E-state index contributed by atoms with van der Waals surface area (Å²) < 4.78 is 34.1. The number of esters is 1. The zero-order chi connectivity index (χ0) is 35.6. The lowest BCUT2D eigenvalue weighted by atomic mass is 10.0. The molecule has 2 atom stereocenters. The summed E-state index contributed by atoms with van der Waals surface area (Å²) >= 11 is 0. The number of carbonyl (C=O) groups is 1. The minimum absolute atomic E-state index is 0.0296. The molecule has 0 aromatic heterocycles. The van der Waals surface area contributed by atoms with E-state index in [0.29, 0.717) is 24.1 Å². The van der Waals surface area contributed by atoms with Crippen LogP contribution in [-0.2, 0) is 27.9 Å². The second kappa shape index (κ2) is 33.6. The zero-order valence-electron chi connectivity index (χ0n) is 32.5. The number of unbranched alkanes of at least 4 members (excludes halogenated alkanes) is 24. The van der Waals surface area contributed by atoms with Crippen LogP contribution in [0.1, 0.15) is 187 Å². The predicted octanol–water partition coefficient (Wildman–Crippen LogP) is 10.7. The third-order valence-electron chi connectivity index (χ3n) is 8.91. The molecule has 9 heteroatoms. The fraction of sp³-hybridized carbons (Fsp3) is 0.974. The summed E-state index contributed by atoms with van der Waals surface area (Å²) in [5.41, 5.74) is 0. The molecule has 0 heterocycles. The standard InChI is InChI=1S/C39H80NO7P/c1-6-8-10-11-12-13-14-15-16-17-18-19-20-21-22-23-24-25-26-27-28-29-31-34-44-36-38(47-39(41)32-30-9-7-2)37-46-48(42,43)45-35-33-40(3,4)5/h38H,6-37H2,1-5H3. The SMILES string of the molecule is CCCCCCCCCCCCCCCCCCCCCCCCCOCC(COP(=O)([O-])OCC[N+](C)(C)C)OC(=O)CCCCC.